The molecule has 9 aromatic carbocycles. The Bertz CT molecular complexity index is 3600. The van der Waals surface area contributed by atoms with Crippen LogP contribution in [0, 0.1) is 0 Å². The quantitative estimate of drug-likeness (QED) is 0.161. The van der Waals surface area contributed by atoms with Gasteiger partial charge in [-0.05, 0) is 82.9 Å². The zero-order chi connectivity index (χ0) is 41.0. The molecule has 290 valence electrons. The summed E-state index contributed by atoms with van der Waals surface area (Å²) in [4.78, 5) is 10.3. The van der Waals surface area contributed by atoms with Crippen molar-refractivity contribution in [2.24, 2.45) is 0 Å². The smallest absolute Gasteiger partial charge is 0.160 e. The largest absolute Gasteiger partial charge is 0.309 e. The van der Waals surface area contributed by atoms with Crippen LogP contribution in [-0.4, -0.2) is 19.1 Å². The molecule has 62 heavy (non-hydrogen) atoms. The summed E-state index contributed by atoms with van der Waals surface area (Å²) in [6.07, 6.45) is 0. The van der Waals surface area contributed by atoms with Crippen LogP contribution in [0.15, 0.2) is 231 Å². The Morgan fingerprint density at radius 3 is 1.26 bits per heavy atom. The highest BCUT2D eigenvalue weighted by Crippen LogP contribution is 2.40. The van der Waals surface area contributed by atoms with E-state index in [1.165, 1.54) is 54.7 Å². The van der Waals surface area contributed by atoms with Gasteiger partial charge in [-0.25, -0.2) is 9.97 Å². The fourth-order valence-corrected chi connectivity index (χ4v) is 9.17. The van der Waals surface area contributed by atoms with Crippen LogP contribution in [0.5, 0.6) is 0 Å². The summed E-state index contributed by atoms with van der Waals surface area (Å²) < 4.78 is 4.83. The van der Waals surface area contributed by atoms with Crippen molar-refractivity contribution in [3.05, 3.63) is 231 Å². The normalized spacial score (nSPS) is 11.5. The van der Waals surface area contributed by atoms with Gasteiger partial charge in [0.15, 0.2) is 5.82 Å². The van der Waals surface area contributed by atoms with E-state index in [9.17, 15) is 0 Å². The van der Waals surface area contributed by atoms with Crippen LogP contribution in [-0.2, 0) is 0 Å². The van der Waals surface area contributed by atoms with Crippen molar-refractivity contribution >= 4 is 43.6 Å². The van der Waals surface area contributed by atoms with Gasteiger partial charge in [0.2, 0.25) is 0 Å². The molecule has 0 N–H and O–H groups in total. The van der Waals surface area contributed by atoms with E-state index < -0.39 is 0 Å². The second-order valence-electron chi connectivity index (χ2n) is 15.8. The lowest BCUT2D eigenvalue weighted by Gasteiger charge is -2.12. The number of hydrogen-bond acceptors (Lipinski definition) is 2. The van der Waals surface area contributed by atoms with Crippen LogP contribution in [0.25, 0.3) is 111 Å². The topological polar surface area (TPSA) is 35.6 Å². The summed E-state index contributed by atoms with van der Waals surface area (Å²) in [5, 5.41) is 4.88. The molecule has 0 aliphatic heterocycles. The maximum Gasteiger partial charge on any atom is 0.160 e. The number of para-hydroxylation sites is 2. The van der Waals surface area contributed by atoms with Crippen LogP contribution in [0.2, 0.25) is 0 Å². The zero-order valence-corrected chi connectivity index (χ0v) is 33.7. The van der Waals surface area contributed by atoms with Gasteiger partial charge in [0.05, 0.1) is 33.5 Å². The Morgan fingerprint density at radius 1 is 0.242 bits per heavy atom. The van der Waals surface area contributed by atoms with Crippen molar-refractivity contribution in [3.8, 4) is 67.5 Å². The van der Waals surface area contributed by atoms with Gasteiger partial charge in [-0.2, -0.15) is 0 Å². The number of nitrogens with zero attached hydrogens (tertiary/aromatic N) is 4. The first-order chi connectivity index (χ1) is 30.7. The van der Waals surface area contributed by atoms with Crippen molar-refractivity contribution in [3.63, 3.8) is 0 Å². The summed E-state index contributed by atoms with van der Waals surface area (Å²) in [5.74, 6) is 0.695. The summed E-state index contributed by atoms with van der Waals surface area (Å²) in [6.45, 7) is 0. The first kappa shape index (κ1) is 35.6. The minimum atomic E-state index is 0.695. The van der Waals surface area contributed by atoms with Gasteiger partial charge in [0, 0.05) is 49.6 Å². The lowest BCUT2D eigenvalue weighted by molar-refractivity contribution is 1.17. The fraction of sp³-hybridized carbons (Fsp3) is 0. The Kier molecular flexibility index (Phi) is 8.46. The van der Waals surface area contributed by atoms with Crippen LogP contribution in [0.3, 0.4) is 0 Å². The minimum Gasteiger partial charge on any atom is -0.309 e. The van der Waals surface area contributed by atoms with Crippen molar-refractivity contribution in [1.82, 2.24) is 19.1 Å². The van der Waals surface area contributed by atoms with Gasteiger partial charge in [-0.1, -0.05) is 170 Å². The third-order valence-corrected chi connectivity index (χ3v) is 12.1. The zero-order valence-electron chi connectivity index (χ0n) is 33.7. The number of aromatic nitrogens is 4. The maximum absolute atomic E-state index is 5.22. The van der Waals surface area contributed by atoms with Crippen LogP contribution in [0.1, 0.15) is 0 Å². The average molecular weight is 791 g/mol. The molecule has 0 fully saturated rings. The third-order valence-electron chi connectivity index (χ3n) is 12.1. The first-order valence-corrected chi connectivity index (χ1v) is 21.1. The molecule has 12 aromatic rings. The number of fused-ring (bicyclic) bond motifs is 6. The number of benzene rings is 9. The molecule has 4 nitrogen and oxygen atoms in total. The van der Waals surface area contributed by atoms with E-state index in [2.05, 4.69) is 228 Å². The molecule has 0 saturated heterocycles. The molecule has 0 spiro atoms. The van der Waals surface area contributed by atoms with E-state index >= 15 is 0 Å². The second-order valence-corrected chi connectivity index (χ2v) is 15.8. The van der Waals surface area contributed by atoms with Crippen LogP contribution in [0.4, 0.5) is 0 Å². The molecular weight excluding hydrogens is 753 g/mol. The summed E-state index contributed by atoms with van der Waals surface area (Å²) in [6, 6.07) is 82.1. The van der Waals surface area contributed by atoms with Gasteiger partial charge in [0.25, 0.3) is 0 Å². The van der Waals surface area contributed by atoms with Gasteiger partial charge >= 0.3 is 0 Å². The minimum absolute atomic E-state index is 0.695. The molecule has 0 atom stereocenters. The molecule has 0 radical (unpaired) electrons. The van der Waals surface area contributed by atoms with Crippen LogP contribution >= 0.6 is 0 Å². The van der Waals surface area contributed by atoms with E-state index in [1.54, 1.807) is 0 Å². The molecule has 0 bridgehead atoms. The van der Waals surface area contributed by atoms with E-state index in [1.807, 2.05) is 12.1 Å². The van der Waals surface area contributed by atoms with Crippen molar-refractivity contribution in [2.75, 3.05) is 0 Å². The van der Waals surface area contributed by atoms with Crippen molar-refractivity contribution in [1.29, 1.82) is 0 Å². The molecule has 12 rings (SSSR count). The lowest BCUT2D eigenvalue weighted by atomic mass is 10.0. The Labute approximate surface area is 359 Å². The monoisotopic (exact) mass is 790 g/mol. The van der Waals surface area contributed by atoms with E-state index in [0.717, 1.165) is 50.6 Å². The number of rotatable bonds is 7. The summed E-state index contributed by atoms with van der Waals surface area (Å²) in [5.41, 5.74) is 16.4. The van der Waals surface area contributed by atoms with Crippen molar-refractivity contribution < 1.29 is 0 Å². The van der Waals surface area contributed by atoms with Gasteiger partial charge in [0.1, 0.15) is 0 Å². The Hall–Kier alpha value is -8.34. The maximum atomic E-state index is 5.22. The highest BCUT2D eigenvalue weighted by Gasteiger charge is 2.19. The highest BCUT2D eigenvalue weighted by atomic mass is 15.0. The summed E-state index contributed by atoms with van der Waals surface area (Å²) in [7, 11) is 0. The number of hydrogen-bond donors (Lipinski definition) is 0. The molecular formula is C58H38N4. The first-order valence-electron chi connectivity index (χ1n) is 21.1. The summed E-state index contributed by atoms with van der Waals surface area (Å²) >= 11 is 0. The fourth-order valence-electron chi connectivity index (χ4n) is 9.17. The molecule has 0 amide bonds. The van der Waals surface area contributed by atoms with Gasteiger partial charge in [-0.15, -0.1) is 0 Å². The standard InChI is InChI=1S/C58H38N4/c1-4-16-39(17-5-1)43-22-14-24-45(34-43)58-59-52(41-20-8-3-9-21-41)38-53(60-58)42-30-32-46(33-31-42)61-54-28-12-10-26-48(54)50-37-57-51(36-56(50)61)49-27-11-13-29-55(49)62(57)47-25-15-23-44(35-47)40-18-6-2-7-19-40/h1-38H. The van der Waals surface area contributed by atoms with Crippen LogP contribution < -0.4 is 0 Å². The van der Waals surface area contributed by atoms with Gasteiger partial charge in [-0.3, -0.25) is 0 Å². The predicted octanol–water partition coefficient (Wildman–Crippen LogP) is 15.0. The Morgan fingerprint density at radius 2 is 0.677 bits per heavy atom. The molecule has 0 aliphatic rings. The lowest BCUT2D eigenvalue weighted by Crippen LogP contribution is -1.97. The third kappa shape index (κ3) is 6.08. The highest BCUT2D eigenvalue weighted by molar-refractivity contribution is 6.19. The molecule has 0 aliphatic carbocycles. The molecule has 4 heteroatoms. The molecule has 0 unspecified atom stereocenters. The van der Waals surface area contributed by atoms with E-state index in [-0.39, 0.29) is 0 Å². The SMILES string of the molecule is c1ccc(-c2cccc(-c3nc(-c4ccccc4)cc(-c4ccc(-n5c6ccccc6c6cc7c(cc65)c5ccccc5n7-c5cccc(-c6ccccc6)c5)cc4)n3)c2)cc1. The molecule has 3 heterocycles. The van der Waals surface area contributed by atoms with E-state index in [4.69, 9.17) is 9.97 Å². The molecule has 3 aromatic heterocycles. The predicted molar refractivity (Wildman–Crippen MR) is 258 cm³/mol. The second kappa shape index (κ2) is 14.7. The Balaban J connectivity index is 0.999. The van der Waals surface area contributed by atoms with Gasteiger partial charge < -0.3 is 9.13 Å². The average Bonchev–Trinajstić information content (AvgIpc) is 3.86. The van der Waals surface area contributed by atoms with E-state index in [0.29, 0.717) is 5.82 Å². The van der Waals surface area contributed by atoms with Crippen molar-refractivity contribution in [2.45, 2.75) is 0 Å². The molecule has 0 saturated carbocycles.